The molecule has 0 saturated carbocycles. The van der Waals surface area contributed by atoms with Gasteiger partial charge in [-0.05, 0) is 39.0 Å². The Morgan fingerprint density at radius 2 is 1.78 bits per heavy atom. The van der Waals surface area contributed by atoms with Gasteiger partial charge in [-0.3, -0.25) is 9.20 Å². The summed E-state index contributed by atoms with van der Waals surface area (Å²) in [6.07, 6.45) is 1.63. The molecule has 1 N–H and O–H groups in total. The Morgan fingerprint density at radius 3 is 2.43 bits per heavy atom. The van der Waals surface area contributed by atoms with Crippen LogP contribution in [0.5, 0.6) is 0 Å². The van der Waals surface area contributed by atoms with Crippen LogP contribution >= 0.6 is 0 Å². The topological polar surface area (TPSA) is 59.3 Å². The van der Waals surface area contributed by atoms with Gasteiger partial charge in [0.15, 0.2) is 11.3 Å². The van der Waals surface area contributed by atoms with Crippen molar-refractivity contribution in [2.24, 2.45) is 0 Å². The summed E-state index contributed by atoms with van der Waals surface area (Å²) in [6.45, 7) is 9.87. The largest absolute Gasteiger partial charge is 0.321 e. The molecule has 0 unspecified atom stereocenters. The fourth-order valence-corrected chi connectivity index (χ4v) is 2.27. The van der Waals surface area contributed by atoms with Crippen molar-refractivity contribution >= 4 is 17.2 Å². The van der Waals surface area contributed by atoms with Crippen LogP contribution in [-0.4, -0.2) is 20.3 Å². The van der Waals surface area contributed by atoms with Crippen molar-refractivity contribution in [3.05, 3.63) is 59.3 Å². The van der Waals surface area contributed by atoms with E-state index in [2.05, 4.69) is 15.3 Å². The van der Waals surface area contributed by atoms with Crippen LogP contribution in [0.2, 0.25) is 0 Å². The quantitative estimate of drug-likeness (QED) is 0.772. The molecule has 3 aromatic rings. The number of carbonyl (C=O) groups excluding carboxylic acids is 1. The lowest BCUT2D eigenvalue weighted by atomic mass is 10.2. The van der Waals surface area contributed by atoms with Crippen molar-refractivity contribution in [1.29, 1.82) is 0 Å². The Kier molecular flexibility index (Phi) is 5.11. The third kappa shape index (κ3) is 3.56. The van der Waals surface area contributed by atoms with Crippen molar-refractivity contribution in [3.63, 3.8) is 0 Å². The third-order valence-corrected chi connectivity index (χ3v) is 3.35. The zero-order valence-electron chi connectivity index (χ0n) is 14.2. The fourth-order valence-electron chi connectivity index (χ4n) is 2.27. The van der Waals surface area contributed by atoms with Gasteiger partial charge >= 0.3 is 0 Å². The molecule has 1 aromatic carbocycles. The zero-order valence-corrected chi connectivity index (χ0v) is 14.2. The molecule has 0 aliphatic heterocycles. The molecule has 122 valence electrons. The highest BCUT2D eigenvalue weighted by atomic mass is 16.1. The SMILES string of the molecule is CC.Cc1ccc(NC(=O)c2ncn3c(C)cc(C)nc23)cc1.[HH]. The molecule has 5 heteroatoms. The Bertz CT molecular complexity index is 825. The van der Waals surface area contributed by atoms with Gasteiger partial charge in [-0.1, -0.05) is 31.5 Å². The first-order valence-electron chi connectivity index (χ1n) is 7.74. The predicted molar refractivity (Wildman–Crippen MR) is 95.1 cm³/mol. The van der Waals surface area contributed by atoms with Gasteiger partial charge in [0.2, 0.25) is 0 Å². The molecule has 5 nitrogen and oxygen atoms in total. The maximum atomic E-state index is 12.4. The van der Waals surface area contributed by atoms with Crippen molar-refractivity contribution in [1.82, 2.24) is 14.4 Å². The Labute approximate surface area is 137 Å². The highest BCUT2D eigenvalue weighted by Crippen LogP contribution is 2.14. The van der Waals surface area contributed by atoms with E-state index in [1.807, 2.05) is 69.4 Å². The summed E-state index contributed by atoms with van der Waals surface area (Å²) in [5, 5.41) is 2.85. The molecule has 0 radical (unpaired) electrons. The summed E-state index contributed by atoms with van der Waals surface area (Å²) >= 11 is 0. The van der Waals surface area contributed by atoms with Crippen LogP contribution < -0.4 is 5.32 Å². The Morgan fingerprint density at radius 1 is 1.13 bits per heavy atom. The lowest BCUT2D eigenvalue weighted by Gasteiger charge is -2.05. The second-order valence-electron chi connectivity index (χ2n) is 5.15. The van der Waals surface area contributed by atoms with E-state index in [0.717, 1.165) is 22.6 Å². The number of hydrogen-bond donors (Lipinski definition) is 1. The van der Waals surface area contributed by atoms with Gasteiger partial charge in [-0.2, -0.15) is 0 Å². The molecule has 0 spiro atoms. The summed E-state index contributed by atoms with van der Waals surface area (Å²) in [5.74, 6) is -0.251. The van der Waals surface area contributed by atoms with Crippen LogP contribution in [-0.2, 0) is 0 Å². The van der Waals surface area contributed by atoms with E-state index in [-0.39, 0.29) is 7.33 Å². The number of aromatic nitrogens is 3. The van der Waals surface area contributed by atoms with E-state index < -0.39 is 0 Å². The molecule has 0 aliphatic carbocycles. The van der Waals surface area contributed by atoms with Gasteiger partial charge in [0, 0.05) is 18.5 Å². The van der Waals surface area contributed by atoms with Crippen molar-refractivity contribution in [2.45, 2.75) is 34.6 Å². The average Bonchev–Trinajstić information content (AvgIpc) is 2.95. The maximum absolute atomic E-state index is 12.4. The number of fused-ring (bicyclic) bond motifs is 1. The highest BCUT2D eigenvalue weighted by Gasteiger charge is 2.16. The number of imidazole rings is 1. The van der Waals surface area contributed by atoms with Crippen LogP contribution in [0.4, 0.5) is 5.69 Å². The third-order valence-electron chi connectivity index (χ3n) is 3.35. The molecule has 2 aromatic heterocycles. The molecule has 0 atom stereocenters. The molecular weight excluding hydrogens is 288 g/mol. The number of carbonyl (C=O) groups is 1. The smallest absolute Gasteiger partial charge is 0.278 e. The van der Waals surface area contributed by atoms with Gasteiger partial charge < -0.3 is 5.32 Å². The Hall–Kier alpha value is -2.69. The van der Waals surface area contributed by atoms with Gasteiger partial charge in [-0.15, -0.1) is 0 Å². The van der Waals surface area contributed by atoms with E-state index >= 15 is 0 Å². The summed E-state index contributed by atoms with van der Waals surface area (Å²) < 4.78 is 1.82. The number of hydrogen-bond acceptors (Lipinski definition) is 3. The Balaban J connectivity index is 0.000000925. The minimum atomic E-state index is -0.251. The first-order chi connectivity index (χ1) is 11.0. The minimum absolute atomic E-state index is 0. The molecule has 0 aliphatic rings. The highest BCUT2D eigenvalue weighted by molar-refractivity contribution is 6.06. The number of nitrogens with one attached hydrogen (secondary N) is 1. The molecule has 1 amide bonds. The van der Waals surface area contributed by atoms with Crippen molar-refractivity contribution < 1.29 is 6.22 Å². The molecule has 0 fully saturated rings. The number of aryl methyl sites for hydroxylation is 3. The summed E-state index contributed by atoms with van der Waals surface area (Å²) in [4.78, 5) is 21.0. The van der Waals surface area contributed by atoms with E-state index in [1.54, 1.807) is 6.33 Å². The van der Waals surface area contributed by atoms with Crippen LogP contribution in [0.15, 0.2) is 36.7 Å². The number of benzene rings is 1. The normalized spacial score (nSPS) is 10.1. The maximum Gasteiger partial charge on any atom is 0.278 e. The number of nitrogens with zero attached hydrogens (tertiary/aromatic N) is 3. The van der Waals surface area contributed by atoms with Crippen molar-refractivity contribution in [3.8, 4) is 0 Å². The lowest BCUT2D eigenvalue weighted by molar-refractivity contribution is 0.102. The second kappa shape index (κ2) is 7.05. The van der Waals surface area contributed by atoms with Gasteiger partial charge in [0.05, 0.1) is 0 Å². The van der Waals surface area contributed by atoms with Gasteiger partial charge in [0.25, 0.3) is 5.91 Å². The second-order valence-corrected chi connectivity index (χ2v) is 5.15. The van der Waals surface area contributed by atoms with E-state index in [4.69, 9.17) is 0 Å². The van der Waals surface area contributed by atoms with Crippen molar-refractivity contribution in [2.75, 3.05) is 5.32 Å². The fraction of sp³-hybridized carbons (Fsp3) is 0.278. The predicted octanol–water partition coefficient (Wildman–Crippen LogP) is 4.18. The number of rotatable bonds is 2. The summed E-state index contributed by atoms with van der Waals surface area (Å²) in [5.41, 5.74) is 4.67. The number of anilines is 1. The standard InChI is InChI=1S/C16H16N4O.C2H6.H2/c1-10-4-6-13(7-5-10)19-16(21)14-15-18-11(2)8-12(3)20(15)9-17-14;1-2;/h4-9H,1-3H3,(H,19,21);1-2H3;1H. The first-order valence-corrected chi connectivity index (χ1v) is 7.74. The first kappa shape index (κ1) is 16.7. The average molecular weight is 312 g/mol. The van der Waals surface area contributed by atoms with E-state index in [9.17, 15) is 4.79 Å². The van der Waals surface area contributed by atoms with Crippen LogP contribution in [0.3, 0.4) is 0 Å². The molecule has 0 saturated heterocycles. The zero-order chi connectivity index (χ0) is 17.0. The van der Waals surface area contributed by atoms with Crippen LogP contribution in [0, 0.1) is 20.8 Å². The van der Waals surface area contributed by atoms with Crippen LogP contribution in [0.1, 0.15) is 42.7 Å². The summed E-state index contributed by atoms with van der Waals surface area (Å²) in [6, 6.07) is 9.60. The lowest BCUT2D eigenvalue weighted by Crippen LogP contribution is -2.13. The molecule has 23 heavy (non-hydrogen) atoms. The molecular formula is C18H24N4O. The monoisotopic (exact) mass is 312 g/mol. The minimum Gasteiger partial charge on any atom is -0.321 e. The summed E-state index contributed by atoms with van der Waals surface area (Å²) in [7, 11) is 0. The van der Waals surface area contributed by atoms with Crippen LogP contribution in [0.25, 0.3) is 5.65 Å². The molecule has 0 bridgehead atoms. The molecule has 2 heterocycles. The van der Waals surface area contributed by atoms with Gasteiger partial charge in [0.1, 0.15) is 6.33 Å². The van der Waals surface area contributed by atoms with Gasteiger partial charge in [-0.25, -0.2) is 9.97 Å². The van der Waals surface area contributed by atoms with E-state index in [1.165, 1.54) is 0 Å². The number of amides is 1. The molecule has 3 rings (SSSR count). The van der Waals surface area contributed by atoms with E-state index in [0.29, 0.717) is 11.3 Å².